The number of hydrogen-bond acceptors (Lipinski definition) is 3. The summed E-state index contributed by atoms with van der Waals surface area (Å²) in [6.45, 7) is 4.55. The van der Waals surface area contributed by atoms with Crippen molar-refractivity contribution in [1.82, 2.24) is 5.32 Å². The molecule has 0 aliphatic carbocycles. The zero-order valence-electron chi connectivity index (χ0n) is 12.3. The van der Waals surface area contributed by atoms with Crippen molar-refractivity contribution < 1.29 is 9.47 Å². The maximum atomic E-state index is 5.94. The van der Waals surface area contributed by atoms with Gasteiger partial charge in [-0.2, -0.15) is 0 Å². The Morgan fingerprint density at radius 3 is 2.81 bits per heavy atom. The van der Waals surface area contributed by atoms with E-state index in [1.54, 1.807) is 0 Å². The standard InChI is InChI=1S/C18H21NO2/c1-2-19-18-13-20-11-10-14-8-9-16(12-17(14)18)21-15-6-4-3-5-7-15/h3-9,12,18-19H,2,10-11,13H2,1H3. The molecule has 0 amide bonds. The summed E-state index contributed by atoms with van der Waals surface area (Å²) in [5.74, 6) is 1.74. The largest absolute Gasteiger partial charge is 0.457 e. The minimum absolute atomic E-state index is 0.242. The number of rotatable bonds is 4. The molecule has 21 heavy (non-hydrogen) atoms. The van der Waals surface area contributed by atoms with Gasteiger partial charge in [0.15, 0.2) is 0 Å². The number of benzene rings is 2. The van der Waals surface area contributed by atoms with Crippen LogP contribution in [0.2, 0.25) is 0 Å². The van der Waals surface area contributed by atoms with Crippen LogP contribution in [0.5, 0.6) is 11.5 Å². The molecule has 0 saturated heterocycles. The fourth-order valence-corrected chi connectivity index (χ4v) is 2.70. The molecule has 0 aromatic heterocycles. The second kappa shape index (κ2) is 6.74. The summed E-state index contributed by atoms with van der Waals surface area (Å²) in [6, 6.07) is 16.5. The van der Waals surface area contributed by atoms with Crippen LogP contribution >= 0.6 is 0 Å². The van der Waals surface area contributed by atoms with Crippen LogP contribution in [0.3, 0.4) is 0 Å². The molecule has 3 nitrogen and oxygen atoms in total. The van der Waals surface area contributed by atoms with Gasteiger partial charge in [-0.05, 0) is 48.4 Å². The number of fused-ring (bicyclic) bond motifs is 1. The minimum Gasteiger partial charge on any atom is -0.457 e. The molecule has 1 aliphatic heterocycles. The van der Waals surface area contributed by atoms with Gasteiger partial charge in [0.05, 0.1) is 19.3 Å². The van der Waals surface area contributed by atoms with Gasteiger partial charge in [0.25, 0.3) is 0 Å². The molecule has 1 aliphatic rings. The van der Waals surface area contributed by atoms with Crippen molar-refractivity contribution in [1.29, 1.82) is 0 Å². The van der Waals surface area contributed by atoms with Crippen molar-refractivity contribution in [3.8, 4) is 11.5 Å². The Labute approximate surface area is 125 Å². The first kappa shape index (κ1) is 14.1. The van der Waals surface area contributed by atoms with Crippen LogP contribution in [-0.4, -0.2) is 19.8 Å². The SMILES string of the molecule is CCNC1COCCc2ccc(Oc3ccccc3)cc21. The molecule has 3 rings (SSSR count). The average molecular weight is 283 g/mol. The third-order valence-electron chi connectivity index (χ3n) is 3.72. The molecule has 1 unspecified atom stereocenters. The first-order valence-corrected chi connectivity index (χ1v) is 7.53. The summed E-state index contributed by atoms with van der Waals surface area (Å²) in [5.41, 5.74) is 2.64. The Balaban J connectivity index is 1.87. The van der Waals surface area contributed by atoms with Crippen LogP contribution in [0.4, 0.5) is 0 Å². The molecule has 2 aromatic carbocycles. The number of nitrogens with one attached hydrogen (secondary N) is 1. The second-order valence-corrected chi connectivity index (χ2v) is 5.21. The first-order valence-electron chi connectivity index (χ1n) is 7.53. The van der Waals surface area contributed by atoms with Gasteiger partial charge in [0.1, 0.15) is 11.5 Å². The monoisotopic (exact) mass is 283 g/mol. The Bertz CT molecular complexity index is 583. The summed E-state index contributed by atoms with van der Waals surface area (Å²) in [5, 5.41) is 3.49. The van der Waals surface area contributed by atoms with Crippen LogP contribution in [0.15, 0.2) is 48.5 Å². The van der Waals surface area contributed by atoms with Gasteiger partial charge in [-0.1, -0.05) is 31.2 Å². The number of para-hydroxylation sites is 1. The van der Waals surface area contributed by atoms with Crippen molar-refractivity contribution in [2.24, 2.45) is 0 Å². The summed E-state index contributed by atoms with van der Waals surface area (Å²) in [6.07, 6.45) is 0.961. The molecule has 110 valence electrons. The lowest BCUT2D eigenvalue weighted by Gasteiger charge is -2.19. The molecule has 0 saturated carbocycles. The highest BCUT2D eigenvalue weighted by Gasteiger charge is 2.19. The number of ether oxygens (including phenoxy) is 2. The highest BCUT2D eigenvalue weighted by atomic mass is 16.5. The fourth-order valence-electron chi connectivity index (χ4n) is 2.70. The Morgan fingerprint density at radius 2 is 2.00 bits per heavy atom. The molecule has 0 bridgehead atoms. The Hall–Kier alpha value is -1.84. The molecule has 2 aromatic rings. The molecular formula is C18H21NO2. The van der Waals surface area contributed by atoms with Crippen LogP contribution in [0, 0.1) is 0 Å². The van der Waals surface area contributed by atoms with E-state index >= 15 is 0 Å². The second-order valence-electron chi connectivity index (χ2n) is 5.21. The summed E-state index contributed by atoms with van der Waals surface area (Å²) < 4.78 is 11.6. The van der Waals surface area contributed by atoms with E-state index in [2.05, 4.69) is 24.4 Å². The average Bonchev–Trinajstić information content (AvgIpc) is 2.71. The van der Waals surface area contributed by atoms with Gasteiger partial charge in [-0.3, -0.25) is 0 Å². The van der Waals surface area contributed by atoms with Crippen LogP contribution in [-0.2, 0) is 11.2 Å². The van der Waals surface area contributed by atoms with E-state index in [1.165, 1.54) is 11.1 Å². The van der Waals surface area contributed by atoms with Gasteiger partial charge in [0, 0.05) is 0 Å². The van der Waals surface area contributed by atoms with E-state index in [1.807, 2.05) is 36.4 Å². The maximum absolute atomic E-state index is 5.94. The normalized spacial score (nSPS) is 17.9. The summed E-state index contributed by atoms with van der Waals surface area (Å²) >= 11 is 0. The van der Waals surface area contributed by atoms with Gasteiger partial charge in [-0.25, -0.2) is 0 Å². The van der Waals surface area contributed by atoms with Crippen molar-refractivity contribution in [3.05, 3.63) is 59.7 Å². The quantitative estimate of drug-likeness (QED) is 0.928. The predicted octanol–water partition coefficient (Wildman–Crippen LogP) is 3.70. The summed E-state index contributed by atoms with van der Waals surface area (Å²) in [4.78, 5) is 0. The lowest BCUT2D eigenvalue weighted by molar-refractivity contribution is 0.122. The van der Waals surface area contributed by atoms with Gasteiger partial charge in [0.2, 0.25) is 0 Å². The maximum Gasteiger partial charge on any atom is 0.127 e. The molecular weight excluding hydrogens is 262 g/mol. The fraction of sp³-hybridized carbons (Fsp3) is 0.333. The van der Waals surface area contributed by atoms with Crippen LogP contribution in [0.25, 0.3) is 0 Å². The van der Waals surface area contributed by atoms with E-state index in [4.69, 9.17) is 9.47 Å². The zero-order valence-corrected chi connectivity index (χ0v) is 12.3. The van der Waals surface area contributed by atoms with E-state index in [0.717, 1.165) is 37.7 Å². The first-order chi connectivity index (χ1) is 10.4. The zero-order chi connectivity index (χ0) is 14.5. The van der Waals surface area contributed by atoms with Gasteiger partial charge in [-0.15, -0.1) is 0 Å². The highest BCUT2D eigenvalue weighted by molar-refractivity contribution is 5.40. The van der Waals surface area contributed by atoms with E-state index in [-0.39, 0.29) is 6.04 Å². The van der Waals surface area contributed by atoms with E-state index < -0.39 is 0 Å². The smallest absolute Gasteiger partial charge is 0.127 e. The number of likely N-dealkylation sites (N-methyl/N-ethyl adjacent to an activating group) is 1. The third-order valence-corrected chi connectivity index (χ3v) is 3.72. The minimum atomic E-state index is 0.242. The van der Waals surface area contributed by atoms with Gasteiger partial charge < -0.3 is 14.8 Å². The van der Waals surface area contributed by atoms with E-state index in [0.29, 0.717) is 0 Å². The lowest BCUT2D eigenvalue weighted by Crippen LogP contribution is -2.24. The molecule has 1 N–H and O–H groups in total. The van der Waals surface area contributed by atoms with Crippen LogP contribution < -0.4 is 10.1 Å². The summed E-state index contributed by atoms with van der Waals surface area (Å²) in [7, 11) is 0. The van der Waals surface area contributed by atoms with Crippen LogP contribution in [0.1, 0.15) is 24.1 Å². The van der Waals surface area contributed by atoms with Gasteiger partial charge >= 0.3 is 0 Å². The van der Waals surface area contributed by atoms with Crippen molar-refractivity contribution in [3.63, 3.8) is 0 Å². The lowest BCUT2D eigenvalue weighted by atomic mass is 9.99. The molecule has 0 radical (unpaired) electrons. The molecule has 0 fully saturated rings. The van der Waals surface area contributed by atoms with E-state index in [9.17, 15) is 0 Å². The molecule has 0 spiro atoms. The van der Waals surface area contributed by atoms with Crippen molar-refractivity contribution >= 4 is 0 Å². The topological polar surface area (TPSA) is 30.5 Å². The molecule has 3 heteroatoms. The highest BCUT2D eigenvalue weighted by Crippen LogP contribution is 2.29. The van der Waals surface area contributed by atoms with Crippen molar-refractivity contribution in [2.75, 3.05) is 19.8 Å². The predicted molar refractivity (Wildman–Crippen MR) is 83.9 cm³/mol. The Kier molecular flexibility index (Phi) is 4.53. The third kappa shape index (κ3) is 3.43. The number of hydrogen-bond donors (Lipinski definition) is 1. The van der Waals surface area contributed by atoms with Crippen molar-refractivity contribution in [2.45, 2.75) is 19.4 Å². The molecule has 1 heterocycles. The molecule has 1 atom stereocenters. The Morgan fingerprint density at radius 1 is 1.14 bits per heavy atom.